The topological polar surface area (TPSA) is 30.3 Å². The normalized spacial score (nSPS) is 25.4. The number of rotatable bonds is 4. The summed E-state index contributed by atoms with van der Waals surface area (Å²) in [5, 5.41) is 4.55. The van der Waals surface area contributed by atoms with Gasteiger partial charge in [-0.05, 0) is 38.7 Å². The quantitative estimate of drug-likeness (QED) is 0.846. The van der Waals surface area contributed by atoms with E-state index < -0.39 is 0 Å². The summed E-state index contributed by atoms with van der Waals surface area (Å²) in [6.45, 7) is 9.38. The van der Waals surface area contributed by atoms with Crippen LogP contribution in [0.2, 0.25) is 0 Å². The molecule has 0 radical (unpaired) electrons. The van der Waals surface area contributed by atoms with E-state index in [1.54, 1.807) is 0 Å². The van der Waals surface area contributed by atoms with Gasteiger partial charge in [0.05, 0.1) is 24.9 Å². The molecule has 1 saturated carbocycles. The van der Waals surface area contributed by atoms with E-state index in [1.165, 1.54) is 37.9 Å². The number of aromatic nitrogens is 2. The average Bonchev–Trinajstić information content (AvgIpc) is 3.01. The molecule has 0 amide bonds. The van der Waals surface area contributed by atoms with Gasteiger partial charge in [0.25, 0.3) is 0 Å². The highest BCUT2D eigenvalue weighted by Crippen LogP contribution is 2.26. The molecule has 0 N–H and O–H groups in total. The SMILES string of the molecule is Cc1cc(C)n(C[C@H]2CN(CC3CCCC3)CCO2)n1. The monoisotopic (exact) mass is 277 g/mol. The molecule has 1 aromatic rings. The van der Waals surface area contributed by atoms with Crippen molar-refractivity contribution in [3.63, 3.8) is 0 Å². The van der Waals surface area contributed by atoms with E-state index in [9.17, 15) is 0 Å². The molecule has 112 valence electrons. The van der Waals surface area contributed by atoms with Crippen LogP contribution in [0.15, 0.2) is 6.07 Å². The number of hydrogen-bond donors (Lipinski definition) is 0. The standard InChI is InChI=1S/C16H27N3O/c1-13-9-14(2)19(17-13)12-16-11-18(7-8-20-16)10-15-5-3-4-6-15/h9,15-16H,3-8,10-12H2,1-2H3/t16-/m1/s1. The Hall–Kier alpha value is -0.870. The maximum atomic E-state index is 5.94. The van der Waals surface area contributed by atoms with Crippen LogP contribution in [0.4, 0.5) is 0 Å². The van der Waals surface area contributed by atoms with Crippen molar-refractivity contribution < 1.29 is 4.74 Å². The molecule has 0 bridgehead atoms. The van der Waals surface area contributed by atoms with Crippen molar-refractivity contribution in [2.24, 2.45) is 5.92 Å². The predicted molar refractivity (Wildman–Crippen MR) is 79.8 cm³/mol. The zero-order valence-electron chi connectivity index (χ0n) is 12.8. The van der Waals surface area contributed by atoms with Crippen LogP contribution in [0.5, 0.6) is 0 Å². The van der Waals surface area contributed by atoms with Gasteiger partial charge < -0.3 is 4.74 Å². The molecule has 1 saturated heterocycles. The van der Waals surface area contributed by atoms with Crippen LogP contribution in [0.25, 0.3) is 0 Å². The molecule has 2 aliphatic rings. The van der Waals surface area contributed by atoms with Crippen molar-refractivity contribution in [2.75, 3.05) is 26.2 Å². The molecular formula is C16H27N3O. The Morgan fingerprint density at radius 3 is 2.75 bits per heavy atom. The van der Waals surface area contributed by atoms with Gasteiger partial charge in [-0.1, -0.05) is 12.8 Å². The maximum Gasteiger partial charge on any atom is 0.0898 e. The van der Waals surface area contributed by atoms with Gasteiger partial charge in [-0.15, -0.1) is 0 Å². The van der Waals surface area contributed by atoms with Gasteiger partial charge in [0.2, 0.25) is 0 Å². The molecule has 1 aromatic heterocycles. The highest BCUT2D eigenvalue weighted by Gasteiger charge is 2.25. The van der Waals surface area contributed by atoms with E-state index in [2.05, 4.69) is 34.6 Å². The molecule has 1 aliphatic heterocycles. The molecule has 2 fully saturated rings. The summed E-state index contributed by atoms with van der Waals surface area (Å²) >= 11 is 0. The van der Waals surface area contributed by atoms with E-state index in [0.717, 1.165) is 37.9 Å². The third-order valence-corrected chi connectivity index (χ3v) is 4.69. The van der Waals surface area contributed by atoms with E-state index >= 15 is 0 Å². The minimum Gasteiger partial charge on any atom is -0.374 e. The fourth-order valence-corrected chi connectivity index (χ4v) is 3.67. The second-order valence-electron chi connectivity index (χ2n) is 6.51. The minimum atomic E-state index is 0.295. The number of ether oxygens (including phenoxy) is 1. The lowest BCUT2D eigenvalue weighted by atomic mass is 10.1. The number of aryl methyl sites for hydroxylation is 2. The highest BCUT2D eigenvalue weighted by atomic mass is 16.5. The third kappa shape index (κ3) is 3.41. The molecule has 20 heavy (non-hydrogen) atoms. The van der Waals surface area contributed by atoms with Crippen LogP contribution in [0.1, 0.15) is 37.1 Å². The maximum absolute atomic E-state index is 5.94. The van der Waals surface area contributed by atoms with Crippen LogP contribution < -0.4 is 0 Å². The zero-order valence-corrected chi connectivity index (χ0v) is 12.8. The fraction of sp³-hybridized carbons (Fsp3) is 0.812. The lowest BCUT2D eigenvalue weighted by molar-refractivity contribution is -0.0416. The number of nitrogens with zero attached hydrogens (tertiary/aromatic N) is 3. The summed E-state index contributed by atoms with van der Waals surface area (Å²) in [4.78, 5) is 2.61. The van der Waals surface area contributed by atoms with Crippen LogP contribution in [-0.4, -0.2) is 47.0 Å². The van der Waals surface area contributed by atoms with Crippen molar-refractivity contribution in [1.29, 1.82) is 0 Å². The van der Waals surface area contributed by atoms with E-state index in [1.807, 2.05) is 0 Å². The second-order valence-corrected chi connectivity index (χ2v) is 6.51. The summed E-state index contributed by atoms with van der Waals surface area (Å²) in [5.41, 5.74) is 2.33. The molecule has 2 heterocycles. The summed E-state index contributed by atoms with van der Waals surface area (Å²) < 4.78 is 8.03. The Kier molecular flexibility index (Phi) is 4.41. The fourth-order valence-electron chi connectivity index (χ4n) is 3.67. The van der Waals surface area contributed by atoms with Crippen LogP contribution in [0, 0.1) is 19.8 Å². The Balaban J connectivity index is 1.53. The zero-order chi connectivity index (χ0) is 13.9. The van der Waals surface area contributed by atoms with E-state index in [-0.39, 0.29) is 0 Å². The van der Waals surface area contributed by atoms with Crippen molar-refractivity contribution >= 4 is 0 Å². The van der Waals surface area contributed by atoms with Crippen LogP contribution in [-0.2, 0) is 11.3 Å². The first-order valence-corrected chi connectivity index (χ1v) is 8.06. The van der Waals surface area contributed by atoms with Gasteiger partial charge in [0, 0.05) is 25.3 Å². The lowest BCUT2D eigenvalue weighted by Gasteiger charge is -2.34. The predicted octanol–water partition coefficient (Wildman–Crippen LogP) is 2.39. The first-order chi connectivity index (χ1) is 9.70. The molecule has 3 rings (SSSR count). The van der Waals surface area contributed by atoms with Crippen molar-refractivity contribution in [1.82, 2.24) is 14.7 Å². The Bertz CT molecular complexity index is 437. The van der Waals surface area contributed by atoms with Crippen molar-refractivity contribution in [2.45, 2.75) is 52.2 Å². The Morgan fingerprint density at radius 1 is 1.25 bits per heavy atom. The summed E-state index contributed by atoms with van der Waals surface area (Å²) in [5.74, 6) is 0.933. The number of hydrogen-bond acceptors (Lipinski definition) is 3. The first kappa shape index (κ1) is 14.1. The van der Waals surface area contributed by atoms with Crippen molar-refractivity contribution in [3.8, 4) is 0 Å². The van der Waals surface area contributed by atoms with Gasteiger partial charge in [-0.25, -0.2) is 0 Å². The van der Waals surface area contributed by atoms with Gasteiger partial charge in [-0.2, -0.15) is 5.10 Å². The largest absolute Gasteiger partial charge is 0.374 e. The highest BCUT2D eigenvalue weighted by molar-refractivity contribution is 5.06. The molecule has 0 unspecified atom stereocenters. The lowest BCUT2D eigenvalue weighted by Crippen LogP contribution is -2.45. The van der Waals surface area contributed by atoms with Gasteiger partial charge in [0.15, 0.2) is 0 Å². The molecule has 4 nitrogen and oxygen atoms in total. The average molecular weight is 277 g/mol. The van der Waals surface area contributed by atoms with Crippen LogP contribution in [0.3, 0.4) is 0 Å². The molecule has 4 heteroatoms. The van der Waals surface area contributed by atoms with Gasteiger partial charge in [-0.3, -0.25) is 9.58 Å². The summed E-state index contributed by atoms with van der Waals surface area (Å²) in [6.07, 6.45) is 6.02. The van der Waals surface area contributed by atoms with Crippen molar-refractivity contribution in [3.05, 3.63) is 17.5 Å². The minimum absolute atomic E-state index is 0.295. The van der Waals surface area contributed by atoms with E-state index in [0.29, 0.717) is 6.10 Å². The molecule has 0 aromatic carbocycles. The van der Waals surface area contributed by atoms with Gasteiger partial charge in [0.1, 0.15) is 0 Å². The summed E-state index contributed by atoms with van der Waals surface area (Å²) in [7, 11) is 0. The second kappa shape index (κ2) is 6.27. The molecule has 1 aliphatic carbocycles. The molecular weight excluding hydrogens is 250 g/mol. The third-order valence-electron chi connectivity index (χ3n) is 4.69. The Labute approximate surface area is 122 Å². The smallest absolute Gasteiger partial charge is 0.0898 e. The van der Waals surface area contributed by atoms with Crippen LogP contribution >= 0.6 is 0 Å². The molecule has 1 atom stereocenters. The van der Waals surface area contributed by atoms with E-state index in [4.69, 9.17) is 4.74 Å². The molecule has 0 spiro atoms. The summed E-state index contributed by atoms with van der Waals surface area (Å²) in [6, 6.07) is 2.14. The first-order valence-electron chi connectivity index (χ1n) is 8.06. The number of morpholine rings is 1. The van der Waals surface area contributed by atoms with Gasteiger partial charge >= 0.3 is 0 Å². The Morgan fingerprint density at radius 2 is 2.05 bits per heavy atom.